The fourth-order valence-corrected chi connectivity index (χ4v) is 2.95. The molecule has 0 bridgehead atoms. The number of hydrogen-bond acceptors (Lipinski definition) is 3. The average molecular weight is 458 g/mol. The second kappa shape index (κ2) is 10.3. The van der Waals surface area contributed by atoms with E-state index in [0.717, 1.165) is 23.8 Å². The van der Waals surface area contributed by atoms with Gasteiger partial charge in [0.1, 0.15) is 0 Å². The maximum absolute atomic E-state index is 11.1. The zero-order valence-electron chi connectivity index (χ0n) is 14.1. The Balaban J connectivity index is 0.00000288. The number of benzene rings is 1. The molecule has 0 fully saturated rings. The van der Waals surface area contributed by atoms with Crippen molar-refractivity contribution in [3.05, 3.63) is 51.7 Å². The van der Waals surface area contributed by atoms with Crippen LogP contribution in [0.3, 0.4) is 0 Å². The second-order valence-corrected chi connectivity index (χ2v) is 6.55. The zero-order chi connectivity index (χ0) is 16.7. The van der Waals surface area contributed by atoms with Gasteiger partial charge in [0.05, 0.1) is 6.54 Å². The third kappa shape index (κ3) is 6.88. The number of guanidine groups is 1. The Morgan fingerprint density at radius 3 is 2.54 bits per heavy atom. The summed E-state index contributed by atoms with van der Waals surface area (Å²) in [4.78, 5) is 17.9. The molecule has 0 unspecified atom stereocenters. The van der Waals surface area contributed by atoms with Crippen molar-refractivity contribution >= 4 is 52.9 Å². The number of carbonyl (C=O) groups excluding carboxylic acids is 1. The molecule has 0 saturated carbocycles. The maximum Gasteiger partial charge on any atom is 0.221 e. The van der Waals surface area contributed by atoms with E-state index < -0.39 is 0 Å². The largest absolute Gasteiger partial charge is 0.352 e. The predicted molar refractivity (Wildman–Crippen MR) is 112 cm³/mol. The first-order valence-corrected chi connectivity index (χ1v) is 8.25. The number of rotatable bonds is 5. The fourth-order valence-electron chi connectivity index (χ4n) is 2.12. The highest BCUT2D eigenvalue weighted by molar-refractivity contribution is 14.0. The number of hydrogen-bond donors (Lipinski definition) is 3. The minimum Gasteiger partial charge on any atom is -0.352 e. The summed E-state index contributed by atoms with van der Waals surface area (Å²) in [5.41, 5.74) is 1.87. The van der Waals surface area contributed by atoms with Gasteiger partial charge in [-0.05, 0) is 36.8 Å². The molecule has 130 valence electrons. The number of aryl methyl sites for hydroxylation is 1. The van der Waals surface area contributed by atoms with Crippen molar-refractivity contribution in [2.45, 2.75) is 26.9 Å². The van der Waals surface area contributed by atoms with E-state index in [1.54, 1.807) is 18.4 Å². The van der Waals surface area contributed by atoms with Crippen molar-refractivity contribution in [2.75, 3.05) is 12.4 Å². The normalized spacial score (nSPS) is 10.7. The monoisotopic (exact) mass is 458 g/mol. The summed E-state index contributed by atoms with van der Waals surface area (Å²) < 4.78 is 0. The molecule has 2 rings (SSSR count). The summed E-state index contributed by atoms with van der Waals surface area (Å²) in [6.45, 7) is 4.99. The van der Waals surface area contributed by atoms with Crippen LogP contribution in [0.1, 0.15) is 22.2 Å². The summed E-state index contributed by atoms with van der Waals surface area (Å²) in [5, 5.41) is 9.35. The molecule has 0 aliphatic rings. The Labute approximate surface area is 164 Å². The Bertz CT molecular complexity index is 699. The van der Waals surface area contributed by atoms with Gasteiger partial charge in [-0.3, -0.25) is 9.79 Å². The molecular formula is C17H23IN4OS. The topological polar surface area (TPSA) is 65.5 Å². The first kappa shape index (κ1) is 20.4. The molecule has 0 atom stereocenters. The number of aliphatic imine (C=N–C) groups is 1. The lowest BCUT2D eigenvalue weighted by atomic mass is 10.2. The highest BCUT2D eigenvalue weighted by Gasteiger charge is 2.02. The van der Waals surface area contributed by atoms with Crippen LogP contribution in [0.2, 0.25) is 0 Å². The Morgan fingerprint density at radius 2 is 1.92 bits per heavy atom. The summed E-state index contributed by atoms with van der Waals surface area (Å²) in [5.74, 6) is 0.680. The van der Waals surface area contributed by atoms with Crippen molar-refractivity contribution < 1.29 is 4.79 Å². The lowest BCUT2D eigenvalue weighted by molar-refractivity contribution is -0.114. The number of halogens is 1. The Hall–Kier alpha value is -1.61. The number of amides is 1. The van der Waals surface area contributed by atoms with E-state index in [4.69, 9.17) is 0 Å². The van der Waals surface area contributed by atoms with Crippen LogP contribution in [-0.2, 0) is 17.9 Å². The van der Waals surface area contributed by atoms with Gasteiger partial charge < -0.3 is 16.0 Å². The molecule has 0 aliphatic heterocycles. The molecule has 0 radical (unpaired) electrons. The summed E-state index contributed by atoms with van der Waals surface area (Å²) in [7, 11) is 1.75. The van der Waals surface area contributed by atoms with Gasteiger partial charge in [0.2, 0.25) is 5.91 Å². The van der Waals surface area contributed by atoms with Gasteiger partial charge in [0.15, 0.2) is 5.96 Å². The van der Waals surface area contributed by atoms with E-state index in [2.05, 4.69) is 40.0 Å². The molecular weight excluding hydrogens is 435 g/mol. The van der Waals surface area contributed by atoms with Gasteiger partial charge in [-0.25, -0.2) is 0 Å². The van der Waals surface area contributed by atoms with Gasteiger partial charge in [-0.1, -0.05) is 12.1 Å². The van der Waals surface area contributed by atoms with Crippen LogP contribution < -0.4 is 16.0 Å². The minimum absolute atomic E-state index is 0. The van der Waals surface area contributed by atoms with Crippen LogP contribution >= 0.6 is 35.3 Å². The molecule has 7 heteroatoms. The van der Waals surface area contributed by atoms with Gasteiger partial charge in [0, 0.05) is 36.0 Å². The van der Waals surface area contributed by atoms with Crippen molar-refractivity contribution in [1.29, 1.82) is 0 Å². The maximum atomic E-state index is 11.1. The Morgan fingerprint density at radius 1 is 1.17 bits per heavy atom. The van der Waals surface area contributed by atoms with Crippen molar-refractivity contribution in [3.63, 3.8) is 0 Å². The second-order valence-electron chi connectivity index (χ2n) is 5.17. The fraction of sp³-hybridized carbons (Fsp3) is 0.294. The van der Waals surface area contributed by atoms with Crippen LogP contribution in [0.5, 0.6) is 0 Å². The van der Waals surface area contributed by atoms with Crippen LogP contribution in [-0.4, -0.2) is 18.9 Å². The molecule has 1 aromatic heterocycles. The molecule has 0 aliphatic carbocycles. The third-order valence-electron chi connectivity index (χ3n) is 3.16. The highest BCUT2D eigenvalue weighted by atomic mass is 127. The molecule has 5 nitrogen and oxygen atoms in total. The van der Waals surface area contributed by atoms with Gasteiger partial charge >= 0.3 is 0 Å². The van der Waals surface area contributed by atoms with E-state index >= 15 is 0 Å². The lowest BCUT2D eigenvalue weighted by Crippen LogP contribution is -2.36. The van der Waals surface area contributed by atoms with Crippen LogP contribution in [0.4, 0.5) is 5.69 Å². The van der Waals surface area contributed by atoms with E-state index in [0.29, 0.717) is 6.54 Å². The highest BCUT2D eigenvalue weighted by Crippen LogP contribution is 2.14. The SMILES string of the molecule is CN=C(NCc1cccc(NC(C)=O)c1)NCc1ccc(C)s1.I. The first-order valence-electron chi connectivity index (χ1n) is 7.43. The van der Waals surface area contributed by atoms with Crippen LogP contribution in [0, 0.1) is 6.92 Å². The molecule has 0 spiro atoms. The summed E-state index contributed by atoms with van der Waals surface area (Å²) in [6, 6.07) is 12.0. The first-order chi connectivity index (χ1) is 11.1. The smallest absolute Gasteiger partial charge is 0.221 e. The molecule has 0 saturated heterocycles. The van der Waals surface area contributed by atoms with Crippen molar-refractivity contribution in [1.82, 2.24) is 10.6 Å². The van der Waals surface area contributed by atoms with Crippen LogP contribution in [0.25, 0.3) is 0 Å². The van der Waals surface area contributed by atoms with E-state index in [1.807, 2.05) is 24.3 Å². The van der Waals surface area contributed by atoms with Gasteiger partial charge in [-0.2, -0.15) is 0 Å². The van der Waals surface area contributed by atoms with Crippen molar-refractivity contribution in [2.24, 2.45) is 4.99 Å². The average Bonchev–Trinajstić information content (AvgIpc) is 2.93. The summed E-state index contributed by atoms with van der Waals surface area (Å²) in [6.07, 6.45) is 0. The third-order valence-corrected chi connectivity index (χ3v) is 4.16. The molecule has 1 amide bonds. The minimum atomic E-state index is -0.0705. The molecule has 3 N–H and O–H groups in total. The van der Waals surface area contributed by atoms with Crippen molar-refractivity contribution in [3.8, 4) is 0 Å². The Kier molecular flexibility index (Phi) is 8.77. The van der Waals surface area contributed by atoms with E-state index in [-0.39, 0.29) is 29.9 Å². The van der Waals surface area contributed by atoms with E-state index in [1.165, 1.54) is 16.7 Å². The number of anilines is 1. The molecule has 2 aromatic rings. The molecule has 24 heavy (non-hydrogen) atoms. The van der Waals surface area contributed by atoms with Gasteiger partial charge in [-0.15, -0.1) is 35.3 Å². The van der Waals surface area contributed by atoms with E-state index in [9.17, 15) is 4.79 Å². The van der Waals surface area contributed by atoms with Gasteiger partial charge in [0.25, 0.3) is 0 Å². The number of carbonyl (C=O) groups is 1. The molecule has 1 heterocycles. The quantitative estimate of drug-likeness (QED) is 0.365. The number of nitrogens with zero attached hydrogens (tertiary/aromatic N) is 1. The van der Waals surface area contributed by atoms with Crippen LogP contribution in [0.15, 0.2) is 41.4 Å². The number of nitrogens with one attached hydrogen (secondary N) is 3. The molecule has 1 aromatic carbocycles. The predicted octanol–water partition coefficient (Wildman–Crippen LogP) is 3.50. The standard InChI is InChI=1S/C17H22N4OS.HI/c1-12-7-8-16(23-12)11-20-17(18-3)19-10-14-5-4-6-15(9-14)21-13(2)22;/h4-9H,10-11H2,1-3H3,(H,21,22)(H2,18,19,20);1H. The lowest BCUT2D eigenvalue weighted by Gasteiger charge is -2.12. The zero-order valence-corrected chi connectivity index (χ0v) is 17.2. The summed E-state index contributed by atoms with van der Waals surface area (Å²) >= 11 is 1.78. The number of thiophene rings is 1.